The van der Waals surface area contributed by atoms with E-state index in [1.165, 1.54) is 24.5 Å². The van der Waals surface area contributed by atoms with Crippen molar-refractivity contribution in [3.63, 3.8) is 0 Å². The molecule has 1 aromatic heterocycles. The lowest BCUT2D eigenvalue weighted by atomic mass is 9.94. The van der Waals surface area contributed by atoms with E-state index in [0.717, 1.165) is 53.1 Å². The molecule has 4 nitrogen and oxygen atoms in total. The summed E-state index contributed by atoms with van der Waals surface area (Å²) in [6.45, 7) is 4.58. The molecule has 0 radical (unpaired) electrons. The first-order chi connectivity index (χ1) is 17.2. The quantitative estimate of drug-likeness (QED) is 0.226. The zero-order valence-electron chi connectivity index (χ0n) is 21.2. The molecule has 0 aliphatic carbocycles. The number of unbranched alkanes of at least 4 members (excludes halogenated alkanes) is 1. The number of thiophene rings is 1. The molecule has 0 N–H and O–H groups in total. The minimum Gasteiger partial charge on any atom is -0.493 e. The molecule has 0 aliphatic heterocycles. The van der Waals surface area contributed by atoms with Crippen molar-refractivity contribution in [3.05, 3.63) is 58.0 Å². The van der Waals surface area contributed by atoms with Crippen LogP contribution in [0, 0.1) is 6.92 Å². The van der Waals surface area contributed by atoms with E-state index in [2.05, 4.69) is 6.92 Å². The molecule has 0 spiro atoms. The molecule has 196 valence electrons. The molecule has 1 atom stereocenters. The number of benzene rings is 2. The minimum absolute atomic E-state index is 0.196. The van der Waals surface area contributed by atoms with Crippen molar-refractivity contribution in [3.8, 4) is 11.5 Å². The van der Waals surface area contributed by atoms with Crippen molar-refractivity contribution in [2.45, 2.75) is 64.5 Å². The number of alkyl halides is 3. The number of hydrogen-bond donors (Lipinski definition) is 0. The molecule has 0 bridgehead atoms. The summed E-state index contributed by atoms with van der Waals surface area (Å²) in [5.41, 5.74) is 1.39. The van der Waals surface area contributed by atoms with Crippen LogP contribution in [0.25, 0.3) is 10.1 Å². The van der Waals surface area contributed by atoms with Gasteiger partial charge in [0.2, 0.25) is 0 Å². The van der Waals surface area contributed by atoms with Gasteiger partial charge in [0.1, 0.15) is 0 Å². The largest absolute Gasteiger partial charge is 0.493 e. The van der Waals surface area contributed by atoms with Crippen LogP contribution in [0.15, 0.2) is 36.4 Å². The number of methoxy groups -OCH3 is 2. The first-order valence-corrected chi connectivity index (χ1v) is 13.0. The van der Waals surface area contributed by atoms with Crippen molar-refractivity contribution in [2.75, 3.05) is 20.8 Å². The first-order valence-electron chi connectivity index (χ1n) is 12.1. The highest BCUT2D eigenvalue weighted by atomic mass is 32.1. The molecule has 0 amide bonds. The number of halogens is 3. The topological polar surface area (TPSA) is 44.8 Å². The van der Waals surface area contributed by atoms with Crippen LogP contribution >= 0.6 is 11.3 Å². The van der Waals surface area contributed by atoms with Crippen LogP contribution in [0.2, 0.25) is 0 Å². The predicted molar refractivity (Wildman–Crippen MR) is 137 cm³/mol. The van der Waals surface area contributed by atoms with Crippen molar-refractivity contribution in [1.82, 2.24) is 0 Å². The van der Waals surface area contributed by atoms with Gasteiger partial charge in [0.05, 0.1) is 26.4 Å². The number of carbonyl (C=O) groups excluding carboxylic acids is 1. The summed E-state index contributed by atoms with van der Waals surface area (Å²) in [5.74, 6) is 1.15. The smallest absolute Gasteiger partial charge is 0.416 e. The van der Waals surface area contributed by atoms with Gasteiger partial charge in [-0.1, -0.05) is 31.9 Å². The Morgan fingerprint density at radius 3 is 2.50 bits per heavy atom. The Labute approximate surface area is 214 Å². The van der Waals surface area contributed by atoms with Crippen molar-refractivity contribution in [1.29, 1.82) is 0 Å². The fraction of sp³-hybridized carbons (Fsp3) is 0.464. The minimum atomic E-state index is -4.35. The average Bonchev–Trinajstić information content (AvgIpc) is 3.19. The standard InChI is InChI=1S/C28H33F3O4S/c1-5-6-7-20(27-18(2)22-11-10-21(28(29,30)31)17-25(22)36-27)14-15-35-23-12-8-19(16-24(23)33-3)9-13-26(32)34-4/h8,10-12,16-17,20H,5-7,9,13-15H2,1-4H3. The molecule has 0 fully saturated rings. The first kappa shape index (κ1) is 27.8. The molecule has 3 aromatic rings. The summed E-state index contributed by atoms with van der Waals surface area (Å²) < 4.78 is 56.6. The summed E-state index contributed by atoms with van der Waals surface area (Å²) in [6, 6.07) is 9.63. The van der Waals surface area contributed by atoms with Gasteiger partial charge in [-0.2, -0.15) is 13.2 Å². The van der Waals surface area contributed by atoms with Gasteiger partial charge in [-0.25, -0.2) is 0 Å². The lowest BCUT2D eigenvalue weighted by Crippen LogP contribution is -2.07. The molecular weight excluding hydrogens is 489 g/mol. The van der Waals surface area contributed by atoms with Gasteiger partial charge in [-0.15, -0.1) is 11.3 Å². The predicted octanol–water partition coefficient (Wildman–Crippen LogP) is 8.09. The summed E-state index contributed by atoms with van der Waals surface area (Å²) in [6.07, 6.45) is 0.248. The molecule has 0 saturated carbocycles. The molecule has 8 heteroatoms. The van der Waals surface area contributed by atoms with Crippen molar-refractivity contribution >= 4 is 27.4 Å². The number of esters is 1. The maximum atomic E-state index is 13.2. The van der Waals surface area contributed by atoms with Crippen LogP contribution < -0.4 is 9.47 Å². The van der Waals surface area contributed by atoms with Gasteiger partial charge in [-0.3, -0.25) is 4.79 Å². The number of aryl methyl sites for hydroxylation is 2. The van der Waals surface area contributed by atoms with E-state index in [4.69, 9.17) is 14.2 Å². The van der Waals surface area contributed by atoms with Crippen LogP contribution in [-0.2, 0) is 22.1 Å². The van der Waals surface area contributed by atoms with Crippen molar-refractivity contribution in [2.24, 2.45) is 0 Å². The zero-order chi connectivity index (χ0) is 26.3. The lowest BCUT2D eigenvalue weighted by molar-refractivity contribution is -0.140. The summed E-state index contributed by atoms with van der Waals surface area (Å²) in [5, 5.41) is 0.884. The molecule has 36 heavy (non-hydrogen) atoms. The number of fused-ring (bicyclic) bond motifs is 1. The van der Waals surface area contributed by atoms with E-state index in [0.29, 0.717) is 29.2 Å². The second-order valence-corrected chi connectivity index (χ2v) is 9.92. The summed E-state index contributed by atoms with van der Waals surface area (Å²) >= 11 is 1.46. The Balaban J connectivity index is 1.74. The zero-order valence-corrected chi connectivity index (χ0v) is 22.0. The highest BCUT2D eigenvalue weighted by Gasteiger charge is 2.31. The highest BCUT2D eigenvalue weighted by Crippen LogP contribution is 2.42. The van der Waals surface area contributed by atoms with E-state index in [-0.39, 0.29) is 18.3 Å². The van der Waals surface area contributed by atoms with Crippen LogP contribution in [0.1, 0.15) is 66.5 Å². The van der Waals surface area contributed by atoms with Crippen LogP contribution in [0.3, 0.4) is 0 Å². The molecule has 1 unspecified atom stereocenters. The maximum absolute atomic E-state index is 13.2. The Morgan fingerprint density at radius 1 is 1.06 bits per heavy atom. The van der Waals surface area contributed by atoms with E-state index in [1.807, 2.05) is 25.1 Å². The molecular formula is C28H33F3O4S. The van der Waals surface area contributed by atoms with E-state index < -0.39 is 11.7 Å². The fourth-order valence-corrected chi connectivity index (χ4v) is 5.73. The molecule has 2 aromatic carbocycles. The van der Waals surface area contributed by atoms with Crippen LogP contribution in [0.5, 0.6) is 11.5 Å². The normalized spacial score (nSPS) is 12.5. The maximum Gasteiger partial charge on any atom is 0.416 e. The molecule has 1 heterocycles. The Morgan fingerprint density at radius 2 is 1.83 bits per heavy atom. The monoisotopic (exact) mass is 522 g/mol. The number of rotatable bonds is 12. The fourth-order valence-electron chi connectivity index (χ4n) is 4.31. The van der Waals surface area contributed by atoms with Crippen LogP contribution in [0.4, 0.5) is 13.2 Å². The Bertz CT molecular complexity index is 1170. The van der Waals surface area contributed by atoms with Crippen molar-refractivity contribution < 1.29 is 32.2 Å². The second-order valence-electron chi connectivity index (χ2n) is 8.84. The third-order valence-electron chi connectivity index (χ3n) is 6.38. The Hall–Kier alpha value is -2.74. The second kappa shape index (κ2) is 12.5. The van der Waals surface area contributed by atoms with Gasteiger partial charge >= 0.3 is 12.1 Å². The van der Waals surface area contributed by atoms with Gasteiger partial charge in [0, 0.05) is 16.0 Å². The average molecular weight is 523 g/mol. The number of ether oxygens (including phenoxy) is 3. The highest BCUT2D eigenvalue weighted by molar-refractivity contribution is 7.19. The molecule has 3 rings (SSSR count). The summed E-state index contributed by atoms with van der Waals surface area (Å²) in [4.78, 5) is 12.5. The van der Waals surface area contributed by atoms with Gasteiger partial charge < -0.3 is 14.2 Å². The summed E-state index contributed by atoms with van der Waals surface area (Å²) in [7, 11) is 2.94. The Kier molecular flexibility index (Phi) is 9.65. The van der Waals surface area contributed by atoms with E-state index >= 15 is 0 Å². The lowest BCUT2D eigenvalue weighted by Gasteiger charge is -2.18. The molecule has 0 saturated heterocycles. The van der Waals surface area contributed by atoms with E-state index in [9.17, 15) is 18.0 Å². The van der Waals surface area contributed by atoms with Crippen LogP contribution in [-0.4, -0.2) is 26.8 Å². The number of hydrogen-bond acceptors (Lipinski definition) is 5. The van der Waals surface area contributed by atoms with Gasteiger partial charge in [-0.05, 0) is 72.9 Å². The SMILES string of the molecule is CCCCC(CCOc1ccc(CCC(=O)OC)cc1OC)c1sc2cc(C(F)(F)F)ccc2c1C. The third-order valence-corrected chi connectivity index (χ3v) is 7.79. The third kappa shape index (κ3) is 6.93. The van der Waals surface area contributed by atoms with Gasteiger partial charge in [0.25, 0.3) is 0 Å². The molecule has 0 aliphatic rings. The van der Waals surface area contributed by atoms with Gasteiger partial charge in [0.15, 0.2) is 11.5 Å². The van der Waals surface area contributed by atoms with E-state index in [1.54, 1.807) is 13.2 Å². The number of carbonyl (C=O) groups is 1.